The van der Waals surface area contributed by atoms with Crippen LogP contribution < -0.4 is 5.32 Å². The van der Waals surface area contributed by atoms with Crippen molar-refractivity contribution in [1.82, 2.24) is 25.0 Å². The molecule has 28 heavy (non-hydrogen) atoms. The first-order chi connectivity index (χ1) is 13.7. The molecule has 4 rings (SSSR count). The fraction of sp³-hybridized carbons (Fsp3) is 0.571. The van der Waals surface area contributed by atoms with Gasteiger partial charge in [0.15, 0.2) is 0 Å². The lowest BCUT2D eigenvalue weighted by molar-refractivity contribution is -0.128. The molecule has 2 fully saturated rings. The van der Waals surface area contributed by atoms with E-state index in [0.29, 0.717) is 6.04 Å². The van der Waals surface area contributed by atoms with Crippen LogP contribution in [0.4, 0.5) is 4.39 Å². The van der Waals surface area contributed by atoms with Gasteiger partial charge in [-0.1, -0.05) is 18.6 Å². The predicted molar refractivity (Wildman–Crippen MR) is 104 cm³/mol. The van der Waals surface area contributed by atoms with E-state index in [2.05, 4.69) is 20.3 Å². The van der Waals surface area contributed by atoms with Crippen LogP contribution in [0.2, 0.25) is 0 Å². The number of carbonyl (C=O) groups excluding carboxylic acids is 1. The second kappa shape index (κ2) is 8.82. The highest BCUT2D eigenvalue weighted by Crippen LogP contribution is 2.29. The SMILES string of the molecule is O=C(NC1CCC(n2cncn2)CC1)C(c1ccc(F)cc1)N1CCCCC1. The Hall–Kier alpha value is -2.28. The van der Waals surface area contributed by atoms with Gasteiger partial charge in [-0.05, 0) is 69.3 Å². The number of piperidine rings is 1. The van der Waals surface area contributed by atoms with E-state index in [-0.39, 0.29) is 23.8 Å². The number of hydrogen-bond acceptors (Lipinski definition) is 4. The largest absolute Gasteiger partial charge is 0.352 e. The Bertz CT molecular complexity index is 750. The summed E-state index contributed by atoms with van der Waals surface area (Å²) in [5, 5.41) is 7.52. The number of rotatable bonds is 5. The molecule has 1 unspecified atom stereocenters. The summed E-state index contributed by atoms with van der Waals surface area (Å²) in [5.74, 6) is -0.231. The molecule has 150 valence electrons. The van der Waals surface area contributed by atoms with Crippen molar-refractivity contribution in [3.05, 3.63) is 48.3 Å². The molecule has 0 radical (unpaired) electrons. The van der Waals surface area contributed by atoms with Gasteiger partial charge in [0.05, 0.1) is 6.04 Å². The predicted octanol–water partition coefficient (Wildman–Crippen LogP) is 3.24. The number of nitrogens with one attached hydrogen (secondary N) is 1. The number of aromatic nitrogens is 3. The number of hydrogen-bond donors (Lipinski definition) is 1. The van der Waals surface area contributed by atoms with Gasteiger partial charge >= 0.3 is 0 Å². The van der Waals surface area contributed by atoms with Gasteiger partial charge in [0.2, 0.25) is 5.91 Å². The molecule has 1 aliphatic carbocycles. The van der Waals surface area contributed by atoms with E-state index in [0.717, 1.165) is 57.2 Å². The van der Waals surface area contributed by atoms with E-state index in [4.69, 9.17) is 0 Å². The molecule has 6 nitrogen and oxygen atoms in total. The molecule has 1 amide bonds. The minimum atomic E-state index is -0.339. The van der Waals surface area contributed by atoms with Gasteiger partial charge in [0.25, 0.3) is 0 Å². The number of halogens is 1. The Balaban J connectivity index is 1.41. The molecule has 1 atom stereocenters. The van der Waals surface area contributed by atoms with E-state index in [1.807, 2.05) is 4.68 Å². The van der Waals surface area contributed by atoms with Gasteiger partial charge in [-0.25, -0.2) is 14.1 Å². The van der Waals surface area contributed by atoms with Crippen molar-refractivity contribution in [2.24, 2.45) is 0 Å². The zero-order valence-corrected chi connectivity index (χ0v) is 16.1. The van der Waals surface area contributed by atoms with Crippen molar-refractivity contribution in [1.29, 1.82) is 0 Å². The highest BCUT2D eigenvalue weighted by molar-refractivity contribution is 5.83. The van der Waals surface area contributed by atoms with E-state index in [1.165, 1.54) is 18.6 Å². The smallest absolute Gasteiger partial charge is 0.242 e. The van der Waals surface area contributed by atoms with Crippen molar-refractivity contribution in [3.63, 3.8) is 0 Å². The summed E-state index contributed by atoms with van der Waals surface area (Å²) in [5.41, 5.74) is 0.872. The van der Waals surface area contributed by atoms with Gasteiger partial charge in [0.1, 0.15) is 24.5 Å². The molecule has 1 N–H and O–H groups in total. The van der Waals surface area contributed by atoms with Crippen molar-refractivity contribution >= 4 is 5.91 Å². The molecular weight excluding hydrogens is 357 g/mol. The minimum Gasteiger partial charge on any atom is -0.352 e. The molecular formula is C21H28FN5O. The number of carbonyl (C=O) groups is 1. The van der Waals surface area contributed by atoms with E-state index in [9.17, 15) is 9.18 Å². The first-order valence-corrected chi connectivity index (χ1v) is 10.3. The first kappa shape index (κ1) is 19.1. The fourth-order valence-electron chi connectivity index (χ4n) is 4.52. The van der Waals surface area contributed by atoms with Crippen LogP contribution >= 0.6 is 0 Å². The van der Waals surface area contributed by atoms with Crippen LogP contribution in [-0.4, -0.2) is 44.7 Å². The summed E-state index contributed by atoms with van der Waals surface area (Å²) in [6, 6.07) is 6.59. The monoisotopic (exact) mass is 385 g/mol. The van der Waals surface area contributed by atoms with Crippen molar-refractivity contribution in [2.45, 2.75) is 63.1 Å². The van der Waals surface area contributed by atoms with E-state index >= 15 is 0 Å². The minimum absolute atomic E-state index is 0.0396. The molecule has 1 saturated carbocycles. The van der Waals surface area contributed by atoms with E-state index < -0.39 is 0 Å². The topological polar surface area (TPSA) is 63.1 Å². The number of amides is 1. The van der Waals surface area contributed by atoms with Crippen LogP contribution in [0, 0.1) is 5.82 Å². The highest BCUT2D eigenvalue weighted by atomic mass is 19.1. The molecule has 2 heterocycles. The van der Waals surface area contributed by atoms with Crippen LogP contribution in [0.1, 0.15) is 62.6 Å². The lowest BCUT2D eigenvalue weighted by atomic mass is 9.90. The third kappa shape index (κ3) is 4.41. The van der Waals surface area contributed by atoms with Gasteiger partial charge in [-0.3, -0.25) is 9.69 Å². The van der Waals surface area contributed by atoms with Crippen molar-refractivity contribution in [2.75, 3.05) is 13.1 Å². The summed E-state index contributed by atoms with van der Waals surface area (Å²) >= 11 is 0. The highest BCUT2D eigenvalue weighted by Gasteiger charge is 2.31. The van der Waals surface area contributed by atoms with Crippen LogP contribution in [0.5, 0.6) is 0 Å². The normalized spacial score (nSPS) is 24.6. The quantitative estimate of drug-likeness (QED) is 0.858. The Kier molecular flexibility index (Phi) is 6.00. The van der Waals surface area contributed by atoms with Crippen molar-refractivity contribution in [3.8, 4) is 0 Å². The lowest BCUT2D eigenvalue weighted by Gasteiger charge is -2.36. The molecule has 0 bridgehead atoms. The Labute approximate surface area is 165 Å². The molecule has 1 aromatic heterocycles. The standard InChI is InChI=1S/C21H28FN5O/c22-17-6-4-16(5-7-17)20(26-12-2-1-3-13-26)21(28)25-18-8-10-19(11-9-18)27-15-23-14-24-27/h4-7,14-15,18-20H,1-3,8-13H2,(H,25,28). The van der Waals surface area contributed by atoms with Gasteiger partial charge in [-0.15, -0.1) is 0 Å². The fourth-order valence-corrected chi connectivity index (χ4v) is 4.52. The number of nitrogens with zero attached hydrogens (tertiary/aromatic N) is 4. The van der Waals surface area contributed by atoms with Gasteiger partial charge in [-0.2, -0.15) is 5.10 Å². The molecule has 1 aromatic carbocycles. The maximum atomic E-state index is 13.4. The Morgan fingerprint density at radius 1 is 1.07 bits per heavy atom. The molecule has 7 heteroatoms. The van der Waals surface area contributed by atoms with E-state index in [1.54, 1.807) is 24.8 Å². The number of benzene rings is 1. The molecule has 0 spiro atoms. The average Bonchev–Trinajstić information content (AvgIpc) is 3.26. The van der Waals surface area contributed by atoms with Crippen molar-refractivity contribution < 1.29 is 9.18 Å². The second-order valence-corrected chi connectivity index (χ2v) is 7.94. The Morgan fingerprint density at radius 3 is 2.43 bits per heavy atom. The third-order valence-electron chi connectivity index (χ3n) is 6.04. The maximum Gasteiger partial charge on any atom is 0.242 e. The maximum absolute atomic E-state index is 13.4. The summed E-state index contributed by atoms with van der Waals surface area (Å²) < 4.78 is 15.3. The lowest BCUT2D eigenvalue weighted by Crippen LogP contribution is -2.47. The van der Waals surface area contributed by atoms with Crippen LogP contribution in [0.3, 0.4) is 0 Å². The Morgan fingerprint density at radius 2 is 1.79 bits per heavy atom. The zero-order chi connectivity index (χ0) is 19.3. The van der Waals surface area contributed by atoms with Gasteiger partial charge < -0.3 is 5.32 Å². The van der Waals surface area contributed by atoms with Crippen LogP contribution in [0.15, 0.2) is 36.9 Å². The van der Waals surface area contributed by atoms with Crippen LogP contribution in [0.25, 0.3) is 0 Å². The average molecular weight is 385 g/mol. The van der Waals surface area contributed by atoms with Crippen LogP contribution in [-0.2, 0) is 4.79 Å². The first-order valence-electron chi connectivity index (χ1n) is 10.3. The molecule has 2 aliphatic rings. The zero-order valence-electron chi connectivity index (χ0n) is 16.1. The number of likely N-dealkylation sites (tertiary alicyclic amines) is 1. The summed E-state index contributed by atoms with van der Waals surface area (Å²) in [6.07, 6.45) is 10.6. The summed E-state index contributed by atoms with van der Waals surface area (Å²) in [7, 11) is 0. The molecule has 2 aromatic rings. The summed E-state index contributed by atoms with van der Waals surface area (Å²) in [6.45, 7) is 1.82. The van der Waals surface area contributed by atoms with Gasteiger partial charge in [0, 0.05) is 6.04 Å². The third-order valence-corrected chi connectivity index (χ3v) is 6.04. The molecule has 1 aliphatic heterocycles. The second-order valence-electron chi connectivity index (χ2n) is 7.94. The summed E-state index contributed by atoms with van der Waals surface area (Å²) in [4.78, 5) is 19.5. The molecule has 1 saturated heterocycles.